The highest BCUT2D eigenvalue weighted by molar-refractivity contribution is 8.01. The van der Waals surface area contributed by atoms with Gasteiger partial charge in [-0.2, -0.15) is 0 Å². The first-order valence-corrected chi connectivity index (χ1v) is 11.1. The van der Waals surface area contributed by atoms with Crippen molar-refractivity contribution in [3.05, 3.63) is 30.2 Å². The SMILES string of the molecule is CCC(=O)N(c1nnc(S[C@@H](C)c2nnc(-c3ccc(OC)cc3)o2)s1)C1CC1. The second-order valence-corrected chi connectivity index (χ2v) is 9.18. The van der Waals surface area contributed by atoms with Crippen molar-refractivity contribution >= 4 is 34.1 Å². The van der Waals surface area contributed by atoms with Crippen LogP contribution in [0.4, 0.5) is 5.13 Å². The number of hydrogen-bond acceptors (Lipinski definition) is 9. The largest absolute Gasteiger partial charge is 0.497 e. The molecule has 0 saturated heterocycles. The van der Waals surface area contributed by atoms with Crippen LogP contribution in [0.5, 0.6) is 5.75 Å². The van der Waals surface area contributed by atoms with Gasteiger partial charge in [-0.25, -0.2) is 0 Å². The van der Waals surface area contributed by atoms with Gasteiger partial charge in [-0.1, -0.05) is 30.0 Å². The second kappa shape index (κ2) is 8.50. The molecule has 10 heteroatoms. The molecule has 1 fully saturated rings. The number of thioether (sulfide) groups is 1. The molecule has 3 aromatic rings. The van der Waals surface area contributed by atoms with Gasteiger partial charge < -0.3 is 9.15 Å². The van der Waals surface area contributed by atoms with E-state index in [2.05, 4.69) is 20.4 Å². The molecule has 1 amide bonds. The van der Waals surface area contributed by atoms with Gasteiger partial charge in [-0.3, -0.25) is 9.69 Å². The smallest absolute Gasteiger partial charge is 0.247 e. The fraction of sp³-hybridized carbons (Fsp3) is 0.421. The molecule has 1 atom stereocenters. The third kappa shape index (κ3) is 4.43. The Kier molecular flexibility index (Phi) is 5.81. The summed E-state index contributed by atoms with van der Waals surface area (Å²) < 4.78 is 11.8. The van der Waals surface area contributed by atoms with Crippen molar-refractivity contribution in [3.63, 3.8) is 0 Å². The van der Waals surface area contributed by atoms with E-state index in [-0.39, 0.29) is 17.2 Å². The molecule has 8 nitrogen and oxygen atoms in total. The van der Waals surface area contributed by atoms with Crippen LogP contribution in [0.2, 0.25) is 0 Å². The molecule has 29 heavy (non-hydrogen) atoms. The minimum Gasteiger partial charge on any atom is -0.497 e. The number of nitrogens with zero attached hydrogens (tertiary/aromatic N) is 5. The van der Waals surface area contributed by atoms with Crippen molar-refractivity contribution in [1.29, 1.82) is 0 Å². The summed E-state index contributed by atoms with van der Waals surface area (Å²) in [5.74, 6) is 1.84. The number of methoxy groups -OCH3 is 1. The van der Waals surface area contributed by atoms with Crippen molar-refractivity contribution in [2.24, 2.45) is 0 Å². The molecule has 0 unspecified atom stereocenters. The lowest BCUT2D eigenvalue weighted by molar-refractivity contribution is -0.118. The molecule has 2 aromatic heterocycles. The van der Waals surface area contributed by atoms with Crippen LogP contribution in [0.1, 0.15) is 44.3 Å². The molecule has 1 aromatic carbocycles. The Balaban J connectivity index is 1.44. The van der Waals surface area contributed by atoms with Crippen LogP contribution in [0, 0.1) is 0 Å². The van der Waals surface area contributed by atoms with E-state index in [4.69, 9.17) is 9.15 Å². The standard InChI is InChI=1S/C19H21N5O3S2/c1-4-15(25)24(13-7-8-13)18-22-23-19(29-18)28-11(2)16-20-21-17(27-16)12-5-9-14(26-3)10-6-12/h5-6,9-11,13H,4,7-8H2,1-3H3/t11-/m0/s1. The Morgan fingerprint density at radius 3 is 2.69 bits per heavy atom. The highest BCUT2D eigenvalue weighted by atomic mass is 32.2. The number of ether oxygens (including phenoxy) is 1. The quantitative estimate of drug-likeness (QED) is 0.384. The van der Waals surface area contributed by atoms with E-state index >= 15 is 0 Å². The molecule has 152 valence electrons. The summed E-state index contributed by atoms with van der Waals surface area (Å²) in [6.07, 6.45) is 2.52. The summed E-state index contributed by atoms with van der Waals surface area (Å²) in [5, 5.41) is 17.4. The number of rotatable bonds is 8. The zero-order chi connectivity index (χ0) is 20.4. The molecule has 2 heterocycles. The monoisotopic (exact) mass is 431 g/mol. The van der Waals surface area contributed by atoms with Gasteiger partial charge in [0.1, 0.15) is 5.75 Å². The number of aromatic nitrogens is 4. The number of amides is 1. The van der Waals surface area contributed by atoms with Gasteiger partial charge in [-0.15, -0.1) is 20.4 Å². The first-order valence-electron chi connectivity index (χ1n) is 9.39. The average Bonchev–Trinajstić information content (AvgIpc) is 3.26. The van der Waals surface area contributed by atoms with E-state index in [1.165, 1.54) is 23.1 Å². The van der Waals surface area contributed by atoms with Crippen LogP contribution in [0.3, 0.4) is 0 Å². The topological polar surface area (TPSA) is 94.2 Å². The number of hydrogen-bond donors (Lipinski definition) is 0. The van der Waals surface area contributed by atoms with E-state index in [1.54, 1.807) is 12.0 Å². The van der Waals surface area contributed by atoms with Crippen LogP contribution in [0.25, 0.3) is 11.5 Å². The number of benzene rings is 1. The molecular formula is C19H21N5O3S2. The van der Waals surface area contributed by atoms with Crippen LogP contribution < -0.4 is 9.64 Å². The van der Waals surface area contributed by atoms with Gasteiger partial charge in [0, 0.05) is 18.0 Å². The third-order valence-corrected chi connectivity index (χ3v) is 6.58. The molecule has 0 bridgehead atoms. The number of carbonyl (C=O) groups is 1. The van der Waals surface area contributed by atoms with Gasteiger partial charge in [-0.05, 0) is 44.0 Å². The van der Waals surface area contributed by atoms with E-state index < -0.39 is 0 Å². The highest BCUT2D eigenvalue weighted by Crippen LogP contribution is 2.40. The first-order chi connectivity index (χ1) is 14.1. The third-order valence-electron chi connectivity index (χ3n) is 4.49. The Morgan fingerprint density at radius 1 is 1.28 bits per heavy atom. The Bertz CT molecular complexity index is 984. The predicted octanol–water partition coefficient (Wildman–Crippen LogP) is 4.36. The van der Waals surface area contributed by atoms with Crippen molar-refractivity contribution in [1.82, 2.24) is 20.4 Å². The molecule has 0 spiro atoms. The Labute approximate surface area is 176 Å². The Hall–Kier alpha value is -2.46. The highest BCUT2D eigenvalue weighted by Gasteiger charge is 2.35. The predicted molar refractivity (Wildman–Crippen MR) is 111 cm³/mol. The van der Waals surface area contributed by atoms with Gasteiger partial charge in [0.25, 0.3) is 0 Å². The lowest BCUT2D eigenvalue weighted by atomic mass is 10.2. The minimum absolute atomic E-state index is 0.0912. The second-order valence-electron chi connectivity index (χ2n) is 6.63. The average molecular weight is 432 g/mol. The summed E-state index contributed by atoms with van der Waals surface area (Å²) in [4.78, 5) is 14.0. The number of anilines is 1. The van der Waals surface area contributed by atoms with Crippen molar-refractivity contribution in [2.45, 2.75) is 48.7 Å². The number of carbonyl (C=O) groups excluding carboxylic acids is 1. The van der Waals surface area contributed by atoms with Gasteiger partial charge in [0.05, 0.1) is 12.4 Å². The maximum Gasteiger partial charge on any atom is 0.247 e. The Morgan fingerprint density at radius 2 is 2.03 bits per heavy atom. The lowest BCUT2D eigenvalue weighted by Crippen LogP contribution is -2.32. The normalized spacial score (nSPS) is 14.6. The van der Waals surface area contributed by atoms with E-state index in [0.717, 1.165) is 28.5 Å². The fourth-order valence-corrected chi connectivity index (χ4v) is 4.87. The molecule has 1 aliphatic rings. The molecule has 0 aliphatic heterocycles. The molecule has 1 aliphatic carbocycles. The summed E-state index contributed by atoms with van der Waals surface area (Å²) >= 11 is 2.92. The summed E-state index contributed by atoms with van der Waals surface area (Å²) in [5.41, 5.74) is 0.832. The lowest BCUT2D eigenvalue weighted by Gasteiger charge is -2.17. The summed E-state index contributed by atoms with van der Waals surface area (Å²) in [7, 11) is 1.62. The van der Waals surface area contributed by atoms with Crippen LogP contribution in [0.15, 0.2) is 33.0 Å². The van der Waals surface area contributed by atoms with Gasteiger partial charge in [0.15, 0.2) is 4.34 Å². The van der Waals surface area contributed by atoms with Crippen LogP contribution in [-0.2, 0) is 4.79 Å². The summed E-state index contributed by atoms with van der Waals surface area (Å²) in [6.45, 7) is 3.85. The maximum atomic E-state index is 12.2. The van der Waals surface area contributed by atoms with Gasteiger partial charge >= 0.3 is 0 Å². The van der Waals surface area contributed by atoms with E-state index in [9.17, 15) is 4.79 Å². The maximum absolute atomic E-state index is 12.2. The van der Waals surface area contributed by atoms with Crippen LogP contribution in [-0.4, -0.2) is 39.5 Å². The first kappa shape index (κ1) is 19.8. The molecule has 4 rings (SSSR count). The van der Waals surface area contributed by atoms with E-state index in [1.807, 2.05) is 38.1 Å². The molecule has 1 saturated carbocycles. The van der Waals surface area contributed by atoms with Crippen molar-refractivity contribution in [3.8, 4) is 17.2 Å². The van der Waals surface area contributed by atoms with Crippen molar-refractivity contribution in [2.75, 3.05) is 12.0 Å². The minimum atomic E-state index is -0.0912. The molecule has 0 radical (unpaired) electrons. The zero-order valence-electron chi connectivity index (χ0n) is 16.4. The zero-order valence-corrected chi connectivity index (χ0v) is 18.0. The molecular weight excluding hydrogens is 410 g/mol. The molecule has 0 N–H and O–H groups in total. The summed E-state index contributed by atoms with van der Waals surface area (Å²) in [6, 6.07) is 7.73. The van der Waals surface area contributed by atoms with E-state index in [0.29, 0.717) is 23.3 Å². The van der Waals surface area contributed by atoms with Crippen LogP contribution >= 0.6 is 23.1 Å². The fourth-order valence-electron chi connectivity index (χ4n) is 2.77. The van der Waals surface area contributed by atoms with Gasteiger partial charge in [0.2, 0.25) is 22.8 Å². The van der Waals surface area contributed by atoms with Crippen molar-refractivity contribution < 1.29 is 13.9 Å².